The first kappa shape index (κ1) is 9.67. The van der Waals surface area contributed by atoms with Crippen LogP contribution in [0.2, 0.25) is 0 Å². The molecule has 0 saturated heterocycles. The van der Waals surface area contributed by atoms with Gasteiger partial charge >= 0.3 is 0 Å². The molecule has 0 fully saturated rings. The van der Waals surface area contributed by atoms with Crippen LogP contribution in [0.15, 0.2) is 0 Å². The molecule has 0 aromatic carbocycles. The average molecular weight is 145 g/mol. The van der Waals surface area contributed by atoms with Gasteiger partial charge in [0, 0.05) is 18.6 Å². The molecule has 3 heteroatoms. The Kier molecular flexibility index (Phi) is 17.5. The fourth-order valence-electron chi connectivity index (χ4n) is 0. The average Bonchev–Trinajstić information content (AvgIpc) is 1.37. The molecule has 0 N–H and O–H groups in total. The van der Waals surface area contributed by atoms with Crippen molar-refractivity contribution in [2.24, 2.45) is 0 Å². The largest absolute Gasteiger partial charge is 0.103 e. The van der Waals surface area contributed by atoms with E-state index < -0.39 is 0 Å². The molecule has 0 aliphatic heterocycles. The molecule has 2 unspecified atom stereocenters. The smallest absolute Gasteiger partial charge is 0 e. The van der Waals surface area contributed by atoms with Gasteiger partial charge in [0.05, 0.1) is 0 Å². The minimum absolute atomic E-state index is 0. The van der Waals surface area contributed by atoms with Crippen LogP contribution in [-0.2, 0) is 18.6 Å². The third kappa shape index (κ3) is 10.8. The summed E-state index contributed by atoms with van der Waals surface area (Å²) in [6.45, 7) is 4.44. The monoisotopic (exact) mass is 145 g/mol. The van der Waals surface area contributed by atoms with Crippen LogP contribution in [0.4, 0.5) is 0 Å². The molecular weight excluding hydrogens is 137 g/mol. The van der Waals surface area contributed by atoms with Gasteiger partial charge in [-0.2, -0.15) is 0 Å². The van der Waals surface area contributed by atoms with Crippen molar-refractivity contribution in [3.8, 4) is 0 Å². The van der Waals surface area contributed by atoms with E-state index in [-0.39, 0.29) is 18.6 Å². The quantitative estimate of drug-likeness (QED) is 0.490. The standard InChI is InChI=1S/C2H8P2.V/c1-3-4-2;/h3-4H,1-2H3;. The van der Waals surface area contributed by atoms with E-state index in [1.807, 2.05) is 0 Å². The second kappa shape index (κ2) is 9.06. The molecule has 0 amide bonds. The molecule has 1 radical (unpaired) electrons. The Morgan fingerprint density at radius 2 is 1.20 bits per heavy atom. The Balaban J connectivity index is 0. The number of hydrogen-bond acceptors (Lipinski definition) is 0. The summed E-state index contributed by atoms with van der Waals surface area (Å²) < 4.78 is 0. The second-order valence-corrected chi connectivity index (χ2v) is 4.50. The second-order valence-electron chi connectivity index (χ2n) is 0.500. The van der Waals surface area contributed by atoms with E-state index in [9.17, 15) is 0 Å². The Morgan fingerprint density at radius 3 is 1.20 bits per heavy atom. The first-order valence-electron chi connectivity index (χ1n) is 1.25. The molecule has 0 saturated carbocycles. The number of rotatable bonds is 1. The Labute approximate surface area is 48.8 Å². The van der Waals surface area contributed by atoms with E-state index in [2.05, 4.69) is 13.3 Å². The summed E-state index contributed by atoms with van der Waals surface area (Å²) in [5.41, 5.74) is 0. The van der Waals surface area contributed by atoms with Crippen LogP contribution >= 0.6 is 16.5 Å². The van der Waals surface area contributed by atoms with Crippen molar-refractivity contribution >= 4 is 16.5 Å². The molecule has 0 rings (SSSR count). The fourth-order valence-corrected chi connectivity index (χ4v) is 0. The summed E-state index contributed by atoms with van der Waals surface area (Å²) in [5, 5.41) is 0. The molecule has 0 spiro atoms. The van der Waals surface area contributed by atoms with E-state index in [0.717, 1.165) is 0 Å². The van der Waals surface area contributed by atoms with Gasteiger partial charge in [0.1, 0.15) is 0 Å². The van der Waals surface area contributed by atoms with Crippen molar-refractivity contribution in [1.29, 1.82) is 0 Å². The topological polar surface area (TPSA) is 0 Å². The van der Waals surface area contributed by atoms with E-state index in [1.165, 1.54) is 16.5 Å². The summed E-state index contributed by atoms with van der Waals surface area (Å²) in [7, 11) is 2.34. The van der Waals surface area contributed by atoms with Crippen LogP contribution < -0.4 is 0 Å². The zero-order chi connectivity index (χ0) is 3.41. The molecule has 0 aliphatic rings. The van der Waals surface area contributed by atoms with Gasteiger partial charge in [0.15, 0.2) is 0 Å². The normalized spacial score (nSPS) is 10.8. The van der Waals surface area contributed by atoms with Crippen molar-refractivity contribution in [2.75, 3.05) is 13.3 Å². The van der Waals surface area contributed by atoms with Gasteiger partial charge in [-0.05, 0) is 13.3 Å². The molecule has 0 nitrogen and oxygen atoms in total. The van der Waals surface area contributed by atoms with Crippen LogP contribution in [0.5, 0.6) is 0 Å². The van der Waals surface area contributed by atoms with E-state index in [4.69, 9.17) is 0 Å². The molecular formula is C2H8P2V. The first-order valence-corrected chi connectivity index (χ1v) is 5.25. The van der Waals surface area contributed by atoms with Crippen LogP contribution in [0.1, 0.15) is 0 Å². The van der Waals surface area contributed by atoms with Gasteiger partial charge in [-0.15, -0.1) is 16.5 Å². The van der Waals surface area contributed by atoms with E-state index >= 15 is 0 Å². The van der Waals surface area contributed by atoms with Crippen LogP contribution in [0.3, 0.4) is 0 Å². The maximum Gasteiger partial charge on any atom is 0 e. The van der Waals surface area contributed by atoms with Gasteiger partial charge in [-0.25, -0.2) is 0 Å². The summed E-state index contributed by atoms with van der Waals surface area (Å²) >= 11 is 0. The van der Waals surface area contributed by atoms with Gasteiger partial charge in [-0.3, -0.25) is 0 Å². The molecule has 5 heavy (non-hydrogen) atoms. The maximum absolute atomic E-state index is 2.22. The summed E-state index contributed by atoms with van der Waals surface area (Å²) in [6.07, 6.45) is 0. The Hall–Kier alpha value is 1.44. The Bertz CT molecular complexity index is 9.61. The molecule has 0 aromatic rings. The maximum atomic E-state index is 2.22. The predicted octanol–water partition coefficient (Wildman–Crippen LogP) is 1.52. The summed E-state index contributed by atoms with van der Waals surface area (Å²) in [6, 6.07) is 0. The van der Waals surface area contributed by atoms with E-state index in [1.54, 1.807) is 0 Å². The molecule has 31 valence electrons. The molecule has 0 aromatic heterocycles. The predicted molar refractivity (Wildman–Crippen MR) is 28.5 cm³/mol. The third-order valence-corrected chi connectivity index (χ3v) is 2.25. The number of hydrogen-bond donors (Lipinski definition) is 0. The van der Waals surface area contributed by atoms with Crippen molar-refractivity contribution in [3.63, 3.8) is 0 Å². The van der Waals surface area contributed by atoms with E-state index in [0.29, 0.717) is 0 Å². The van der Waals surface area contributed by atoms with Gasteiger partial charge in [0.25, 0.3) is 0 Å². The van der Waals surface area contributed by atoms with Crippen molar-refractivity contribution in [1.82, 2.24) is 0 Å². The SMILES string of the molecule is CPPC.[V]. The van der Waals surface area contributed by atoms with Gasteiger partial charge < -0.3 is 0 Å². The van der Waals surface area contributed by atoms with Crippen molar-refractivity contribution in [3.05, 3.63) is 0 Å². The zero-order valence-electron chi connectivity index (χ0n) is 3.45. The van der Waals surface area contributed by atoms with Gasteiger partial charge in [0.2, 0.25) is 0 Å². The minimum atomic E-state index is 0. The molecule has 0 heterocycles. The minimum Gasteiger partial charge on any atom is -0.103 e. The molecule has 0 bridgehead atoms. The van der Waals surface area contributed by atoms with Crippen LogP contribution in [-0.4, -0.2) is 13.3 Å². The van der Waals surface area contributed by atoms with Gasteiger partial charge in [-0.1, -0.05) is 0 Å². The molecule has 2 atom stereocenters. The summed E-state index contributed by atoms with van der Waals surface area (Å²) in [4.78, 5) is 0. The van der Waals surface area contributed by atoms with Crippen molar-refractivity contribution in [2.45, 2.75) is 0 Å². The third-order valence-electron chi connectivity index (χ3n) is 0.250. The Morgan fingerprint density at radius 1 is 1.00 bits per heavy atom. The first-order chi connectivity index (χ1) is 1.91. The van der Waals surface area contributed by atoms with Crippen molar-refractivity contribution < 1.29 is 18.6 Å². The van der Waals surface area contributed by atoms with Crippen LogP contribution in [0, 0.1) is 0 Å². The zero-order valence-corrected chi connectivity index (χ0v) is 6.84. The summed E-state index contributed by atoms with van der Waals surface area (Å²) in [5.74, 6) is 0. The van der Waals surface area contributed by atoms with Crippen LogP contribution in [0.25, 0.3) is 0 Å². The molecule has 0 aliphatic carbocycles. The fraction of sp³-hybridized carbons (Fsp3) is 1.00.